The number of anilines is 2. The fraction of sp³-hybridized carbons (Fsp3) is 0.280. The molecule has 2 amide bonds. The van der Waals surface area contributed by atoms with Crippen LogP contribution in [0.4, 0.5) is 15.8 Å². The maximum Gasteiger partial charge on any atom is 0.313 e. The van der Waals surface area contributed by atoms with Gasteiger partial charge in [-0.3, -0.25) is 14.5 Å². The Bertz CT molecular complexity index is 1060. The maximum atomic E-state index is 13.2. The minimum absolute atomic E-state index is 0.202. The fourth-order valence-corrected chi connectivity index (χ4v) is 3.93. The third kappa shape index (κ3) is 5.78. The van der Waals surface area contributed by atoms with Crippen LogP contribution in [0.3, 0.4) is 0 Å². The van der Waals surface area contributed by atoms with Crippen molar-refractivity contribution in [2.75, 3.05) is 42.9 Å². The van der Waals surface area contributed by atoms with Gasteiger partial charge < -0.3 is 20.0 Å². The van der Waals surface area contributed by atoms with Crippen molar-refractivity contribution in [2.24, 2.45) is 0 Å². The summed E-state index contributed by atoms with van der Waals surface area (Å²) in [5.74, 6) is -0.933. The Morgan fingerprint density at radius 3 is 2.30 bits per heavy atom. The highest BCUT2D eigenvalue weighted by atomic mass is 19.1. The van der Waals surface area contributed by atoms with Crippen molar-refractivity contribution < 1.29 is 18.4 Å². The average molecular weight is 451 g/mol. The zero-order valence-corrected chi connectivity index (χ0v) is 18.5. The van der Waals surface area contributed by atoms with E-state index < -0.39 is 11.8 Å². The predicted molar refractivity (Wildman–Crippen MR) is 124 cm³/mol. The van der Waals surface area contributed by atoms with Gasteiger partial charge in [0.15, 0.2) is 0 Å². The van der Waals surface area contributed by atoms with Gasteiger partial charge >= 0.3 is 11.8 Å². The standard InChI is InChI=1S/C25H27FN4O3/c1-18-4-8-20(9-5-18)28-25(32)24(31)27-17-22(23-3-2-16-33-23)30-14-12-29(13-15-30)21-10-6-19(26)7-11-21/h2-11,16,22H,12-15,17H2,1H3,(H,27,31)(H,28,32). The second-order valence-corrected chi connectivity index (χ2v) is 8.06. The normalized spacial score (nSPS) is 15.2. The zero-order valence-electron chi connectivity index (χ0n) is 18.5. The molecule has 2 N–H and O–H groups in total. The second-order valence-electron chi connectivity index (χ2n) is 8.06. The van der Waals surface area contributed by atoms with Crippen molar-refractivity contribution in [1.29, 1.82) is 0 Å². The van der Waals surface area contributed by atoms with Crippen LogP contribution in [0.1, 0.15) is 17.4 Å². The van der Waals surface area contributed by atoms with E-state index >= 15 is 0 Å². The molecule has 1 atom stereocenters. The van der Waals surface area contributed by atoms with Crippen LogP contribution >= 0.6 is 0 Å². The highest BCUT2D eigenvalue weighted by molar-refractivity contribution is 6.39. The van der Waals surface area contributed by atoms with E-state index in [1.165, 1.54) is 12.1 Å². The molecule has 1 fully saturated rings. The van der Waals surface area contributed by atoms with Gasteiger partial charge in [0.25, 0.3) is 0 Å². The maximum absolute atomic E-state index is 13.2. The number of rotatable bonds is 6. The topological polar surface area (TPSA) is 77.8 Å². The van der Waals surface area contributed by atoms with Crippen molar-refractivity contribution in [3.63, 3.8) is 0 Å². The number of nitrogens with one attached hydrogen (secondary N) is 2. The number of carbonyl (C=O) groups is 2. The summed E-state index contributed by atoms with van der Waals surface area (Å²) in [5, 5.41) is 5.35. The van der Waals surface area contributed by atoms with Crippen LogP contribution in [0.5, 0.6) is 0 Å². The number of hydrogen-bond acceptors (Lipinski definition) is 5. The van der Waals surface area contributed by atoms with Crippen molar-refractivity contribution >= 4 is 23.2 Å². The number of halogens is 1. The molecular formula is C25H27FN4O3. The second kappa shape index (κ2) is 10.3. The lowest BCUT2D eigenvalue weighted by Gasteiger charge is -2.39. The number of amides is 2. The molecule has 0 spiro atoms. The van der Waals surface area contributed by atoms with Gasteiger partial charge in [-0.2, -0.15) is 0 Å². The minimum atomic E-state index is -0.710. The molecule has 0 radical (unpaired) electrons. The molecule has 8 heteroatoms. The van der Waals surface area contributed by atoms with Gasteiger partial charge in [0.2, 0.25) is 0 Å². The minimum Gasteiger partial charge on any atom is -0.468 e. The summed E-state index contributed by atoms with van der Waals surface area (Å²) in [4.78, 5) is 29.1. The van der Waals surface area contributed by atoms with Crippen molar-refractivity contribution in [1.82, 2.24) is 10.2 Å². The fourth-order valence-electron chi connectivity index (χ4n) is 3.93. The summed E-state index contributed by atoms with van der Waals surface area (Å²) in [6.45, 7) is 5.16. The Balaban J connectivity index is 1.35. The molecule has 7 nitrogen and oxygen atoms in total. The molecule has 1 aliphatic heterocycles. The molecule has 1 saturated heterocycles. The first kappa shape index (κ1) is 22.5. The lowest BCUT2D eigenvalue weighted by molar-refractivity contribution is -0.136. The van der Waals surface area contributed by atoms with Gasteiger partial charge in [0.1, 0.15) is 11.6 Å². The number of hydrogen-bond donors (Lipinski definition) is 2. The van der Waals surface area contributed by atoms with Crippen LogP contribution in [0, 0.1) is 12.7 Å². The van der Waals surface area contributed by atoms with Crippen molar-refractivity contribution in [2.45, 2.75) is 13.0 Å². The summed E-state index contributed by atoms with van der Waals surface area (Å²) in [5.41, 5.74) is 2.62. The Hall–Kier alpha value is -3.65. The smallest absolute Gasteiger partial charge is 0.313 e. The summed E-state index contributed by atoms with van der Waals surface area (Å²) >= 11 is 0. The molecule has 0 aliphatic carbocycles. The van der Waals surface area contributed by atoms with Crippen LogP contribution in [-0.2, 0) is 9.59 Å². The van der Waals surface area contributed by atoms with Crippen LogP contribution < -0.4 is 15.5 Å². The monoisotopic (exact) mass is 450 g/mol. The van der Waals surface area contributed by atoms with Gasteiger partial charge in [-0.15, -0.1) is 0 Å². The Labute approximate surface area is 192 Å². The highest BCUT2D eigenvalue weighted by Gasteiger charge is 2.28. The number of aryl methyl sites for hydroxylation is 1. The van der Waals surface area contributed by atoms with E-state index in [1.807, 2.05) is 31.2 Å². The van der Waals surface area contributed by atoms with Crippen molar-refractivity contribution in [3.8, 4) is 0 Å². The number of furan rings is 1. The molecule has 33 heavy (non-hydrogen) atoms. The molecule has 1 aromatic heterocycles. The first-order chi connectivity index (χ1) is 16.0. The van der Waals surface area contributed by atoms with E-state index in [1.54, 1.807) is 30.5 Å². The Kier molecular flexibility index (Phi) is 7.04. The lowest BCUT2D eigenvalue weighted by Crippen LogP contribution is -2.50. The molecule has 1 aliphatic rings. The molecule has 2 heterocycles. The molecule has 0 bridgehead atoms. The molecular weight excluding hydrogens is 423 g/mol. The van der Waals surface area contributed by atoms with Gasteiger partial charge in [0.05, 0.1) is 12.3 Å². The van der Waals surface area contributed by atoms with E-state index in [0.29, 0.717) is 5.69 Å². The Morgan fingerprint density at radius 2 is 1.67 bits per heavy atom. The lowest BCUT2D eigenvalue weighted by atomic mass is 10.1. The van der Waals surface area contributed by atoms with Gasteiger partial charge in [-0.1, -0.05) is 17.7 Å². The number of benzene rings is 2. The largest absolute Gasteiger partial charge is 0.468 e. The highest BCUT2D eigenvalue weighted by Crippen LogP contribution is 2.24. The van der Waals surface area contributed by atoms with Crippen LogP contribution in [-0.4, -0.2) is 49.4 Å². The summed E-state index contributed by atoms with van der Waals surface area (Å²) in [6, 6.07) is 17.2. The van der Waals surface area contributed by atoms with E-state index in [4.69, 9.17) is 4.42 Å². The zero-order chi connectivity index (χ0) is 23.2. The molecule has 2 aromatic carbocycles. The first-order valence-corrected chi connectivity index (χ1v) is 10.9. The van der Waals surface area contributed by atoms with E-state index in [-0.39, 0.29) is 18.4 Å². The number of nitrogens with zero attached hydrogens (tertiary/aromatic N) is 2. The van der Waals surface area contributed by atoms with E-state index in [0.717, 1.165) is 43.2 Å². The van der Waals surface area contributed by atoms with E-state index in [2.05, 4.69) is 20.4 Å². The first-order valence-electron chi connectivity index (χ1n) is 10.9. The Morgan fingerprint density at radius 1 is 0.970 bits per heavy atom. The van der Waals surface area contributed by atoms with Crippen LogP contribution in [0.2, 0.25) is 0 Å². The predicted octanol–water partition coefficient (Wildman–Crippen LogP) is 3.35. The number of carbonyl (C=O) groups excluding carboxylic acids is 2. The van der Waals surface area contributed by atoms with Crippen LogP contribution in [0.15, 0.2) is 71.3 Å². The summed E-state index contributed by atoms with van der Waals surface area (Å²) in [6.07, 6.45) is 1.60. The van der Waals surface area contributed by atoms with Crippen LogP contribution in [0.25, 0.3) is 0 Å². The SMILES string of the molecule is Cc1ccc(NC(=O)C(=O)NCC(c2ccco2)N2CCN(c3ccc(F)cc3)CC2)cc1. The van der Waals surface area contributed by atoms with Crippen molar-refractivity contribution in [3.05, 3.63) is 84.1 Å². The van der Waals surface area contributed by atoms with E-state index in [9.17, 15) is 14.0 Å². The molecule has 0 saturated carbocycles. The molecule has 4 rings (SSSR count). The van der Waals surface area contributed by atoms with Gasteiger partial charge in [0, 0.05) is 44.1 Å². The van der Waals surface area contributed by atoms with Gasteiger partial charge in [-0.05, 0) is 55.5 Å². The molecule has 3 aromatic rings. The average Bonchev–Trinajstić information content (AvgIpc) is 3.36. The molecule has 172 valence electrons. The summed E-state index contributed by atoms with van der Waals surface area (Å²) in [7, 11) is 0. The number of piperazine rings is 1. The third-order valence-electron chi connectivity index (χ3n) is 5.79. The third-order valence-corrected chi connectivity index (χ3v) is 5.79. The quantitative estimate of drug-likeness (QED) is 0.564. The summed E-state index contributed by atoms with van der Waals surface area (Å²) < 4.78 is 18.8. The van der Waals surface area contributed by atoms with Gasteiger partial charge in [-0.25, -0.2) is 4.39 Å². The molecule has 1 unspecified atom stereocenters.